The summed E-state index contributed by atoms with van der Waals surface area (Å²) in [5, 5.41) is 11.8. The number of aryl methyl sites for hydroxylation is 2. The third-order valence-electron chi connectivity index (χ3n) is 4.76. The second kappa shape index (κ2) is 5.20. The molecule has 7 heteroatoms. The molecule has 4 heterocycles. The van der Waals surface area contributed by atoms with Crippen LogP contribution in [-0.2, 0) is 13.0 Å². The van der Waals surface area contributed by atoms with Crippen LogP contribution in [0.5, 0.6) is 0 Å². The first-order valence-corrected chi connectivity index (χ1v) is 8.30. The number of benzene rings is 1. The lowest BCUT2D eigenvalue weighted by Gasteiger charge is -2.25. The first-order chi connectivity index (χ1) is 12.2. The van der Waals surface area contributed by atoms with Crippen LogP contribution in [0.25, 0.3) is 22.4 Å². The lowest BCUT2D eigenvalue weighted by molar-refractivity contribution is 0.393. The average molecular weight is 335 g/mol. The highest BCUT2D eigenvalue weighted by Crippen LogP contribution is 2.34. The highest BCUT2D eigenvalue weighted by molar-refractivity contribution is 5.74. The number of H-pyrrole nitrogens is 1. The van der Waals surface area contributed by atoms with Crippen molar-refractivity contribution in [2.24, 2.45) is 0 Å². The number of fused-ring (bicyclic) bond motifs is 2. The fraction of sp³-hybridized carbons (Fsp3) is 0.278. The van der Waals surface area contributed by atoms with Crippen molar-refractivity contribution in [2.75, 3.05) is 11.4 Å². The van der Waals surface area contributed by atoms with Crippen LogP contribution in [0.15, 0.2) is 33.2 Å². The van der Waals surface area contributed by atoms with E-state index in [1.165, 1.54) is 0 Å². The summed E-state index contributed by atoms with van der Waals surface area (Å²) in [6.45, 7) is 5.38. The van der Waals surface area contributed by atoms with Crippen LogP contribution in [0.2, 0.25) is 0 Å². The van der Waals surface area contributed by atoms with E-state index >= 15 is 0 Å². The molecule has 0 radical (unpaired) electrons. The van der Waals surface area contributed by atoms with Gasteiger partial charge in [0.1, 0.15) is 17.0 Å². The maximum Gasteiger partial charge on any atom is 0.298 e. The molecule has 0 saturated carbocycles. The van der Waals surface area contributed by atoms with E-state index in [-0.39, 0.29) is 0 Å². The standard InChI is InChI=1S/C18H17N5O2/c1-10-16(11(2)25-22-10)17-12-9-23(8-7-13(12)20-21-17)18-19-14-5-3-4-6-15(14)24-18/h3-6H,7-9H2,1-2H3,(H,20,21). The van der Waals surface area contributed by atoms with E-state index in [4.69, 9.17) is 8.94 Å². The predicted octanol–water partition coefficient (Wildman–Crippen LogP) is 3.39. The Bertz CT molecular complexity index is 1020. The average Bonchev–Trinajstić information content (AvgIpc) is 3.31. The first-order valence-electron chi connectivity index (χ1n) is 8.30. The van der Waals surface area contributed by atoms with E-state index in [1.807, 2.05) is 38.1 Å². The van der Waals surface area contributed by atoms with Gasteiger partial charge in [0.05, 0.1) is 17.8 Å². The molecule has 0 amide bonds. The Labute approximate surface area is 143 Å². The molecule has 5 rings (SSSR count). The van der Waals surface area contributed by atoms with Crippen molar-refractivity contribution in [3.05, 3.63) is 47.0 Å². The second-order valence-electron chi connectivity index (χ2n) is 6.36. The van der Waals surface area contributed by atoms with Crippen LogP contribution in [-0.4, -0.2) is 26.9 Å². The second-order valence-corrected chi connectivity index (χ2v) is 6.36. The molecule has 1 aliphatic heterocycles. The van der Waals surface area contributed by atoms with Crippen molar-refractivity contribution in [1.82, 2.24) is 20.3 Å². The van der Waals surface area contributed by atoms with Crippen molar-refractivity contribution in [3.63, 3.8) is 0 Å². The summed E-state index contributed by atoms with van der Waals surface area (Å²) in [5.41, 5.74) is 6.72. The molecular weight excluding hydrogens is 318 g/mol. The molecule has 4 aromatic rings. The van der Waals surface area contributed by atoms with E-state index in [0.29, 0.717) is 12.6 Å². The summed E-state index contributed by atoms with van der Waals surface area (Å²) < 4.78 is 11.2. The minimum atomic E-state index is 0.651. The maximum atomic E-state index is 5.93. The van der Waals surface area contributed by atoms with Crippen LogP contribution in [0.3, 0.4) is 0 Å². The van der Waals surface area contributed by atoms with Crippen LogP contribution >= 0.6 is 0 Å². The number of hydrogen-bond acceptors (Lipinski definition) is 6. The SMILES string of the molecule is Cc1noc(C)c1-c1n[nH]c2c1CN(c1nc3ccccc3o1)CC2. The number of nitrogens with zero attached hydrogens (tertiary/aromatic N) is 4. The summed E-state index contributed by atoms with van der Waals surface area (Å²) in [6, 6.07) is 8.48. The Morgan fingerprint density at radius 2 is 2.08 bits per heavy atom. The highest BCUT2D eigenvalue weighted by atomic mass is 16.5. The van der Waals surface area contributed by atoms with Gasteiger partial charge in [0, 0.05) is 24.2 Å². The Morgan fingerprint density at radius 3 is 2.88 bits per heavy atom. The molecule has 126 valence electrons. The van der Waals surface area contributed by atoms with Crippen LogP contribution in [0.1, 0.15) is 22.7 Å². The Kier molecular flexibility index (Phi) is 2.97. The summed E-state index contributed by atoms with van der Waals surface area (Å²) in [4.78, 5) is 6.77. The number of anilines is 1. The Morgan fingerprint density at radius 1 is 1.20 bits per heavy atom. The molecule has 0 spiro atoms. The Hall–Kier alpha value is -3.09. The monoisotopic (exact) mass is 335 g/mol. The zero-order valence-electron chi connectivity index (χ0n) is 14.0. The molecule has 25 heavy (non-hydrogen) atoms. The minimum Gasteiger partial charge on any atom is -0.423 e. The van der Waals surface area contributed by atoms with E-state index in [1.54, 1.807) is 0 Å². The fourth-order valence-corrected chi connectivity index (χ4v) is 3.48. The number of oxazole rings is 1. The molecule has 0 fully saturated rings. The molecule has 1 N–H and O–H groups in total. The molecule has 0 bridgehead atoms. The van der Waals surface area contributed by atoms with Crippen molar-refractivity contribution in [2.45, 2.75) is 26.8 Å². The van der Waals surface area contributed by atoms with Gasteiger partial charge in [-0.3, -0.25) is 5.10 Å². The fourth-order valence-electron chi connectivity index (χ4n) is 3.48. The van der Waals surface area contributed by atoms with Gasteiger partial charge in [-0.2, -0.15) is 10.1 Å². The lowest BCUT2D eigenvalue weighted by Crippen LogP contribution is -2.30. The summed E-state index contributed by atoms with van der Waals surface area (Å²) in [5.74, 6) is 0.783. The molecule has 0 aliphatic carbocycles. The molecule has 0 atom stereocenters. The van der Waals surface area contributed by atoms with Crippen LogP contribution in [0, 0.1) is 13.8 Å². The largest absolute Gasteiger partial charge is 0.423 e. The highest BCUT2D eigenvalue weighted by Gasteiger charge is 2.28. The topological polar surface area (TPSA) is 84.0 Å². The van der Waals surface area contributed by atoms with Gasteiger partial charge < -0.3 is 13.8 Å². The number of para-hydroxylation sites is 2. The first kappa shape index (κ1) is 14.3. The van der Waals surface area contributed by atoms with Gasteiger partial charge in [-0.15, -0.1) is 0 Å². The van der Waals surface area contributed by atoms with Gasteiger partial charge >= 0.3 is 0 Å². The van der Waals surface area contributed by atoms with E-state index in [9.17, 15) is 0 Å². The molecule has 0 unspecified atom stereocenters. The zero-order valence-corrected chi connectivity index (χ0v) is 14.0. The molecule has 1 aromatic carbocycles. The number of aromatic nitrogens is 4. The maximum absolute atomic E-state index is 5.93. The van der Waals surface area contributed by atoms with E-state index in [2.05, 4.69) is 25.2 Å². The third kappa shape index (κ3) is 2.15. The van der Waals surface area contributed by atoms with E-state index < -0.39 is 0 Å². The molecule has 3 aromatic heterocycles. The van der Waals surface area contributed by atoms with Gasteiger partial charge in [0.25, 0.3) is 6.01 Å². The quantitative estimate of drug-likeness (QED) is 0.604. The summed E-state index contributed by atoms with van der Waals surface area (Å²) >= 11 is 0. The van der Waals surface area contributed by atoms with Crippen molar-refractivity contribution in [3.8, 4) is 11.3 Å². The molecule has 0 saturated heterocycles. The van der Waals surface area contributed by atoms with Crippen molar-refractivity contribution >= 4 is 17.1 Å². The molecule has 7 nitrogen and oxygen atoms in total. The normalized spacial score (nSPS) is 14.2. The van der Waals surface area contributed by atoms with Gasteiger partial charge in [0.2, 0.25) is 0 Å². The van der Waals surface area contributed by atoms with E-state index in [0.717, 1.165) is 58.0 Å². The van der Waals surface area contributed by atoms with Crippen LogP contribution < -0.4 is 4.90 Å². The summed E-state index contributed by atoms with van der Waals surface area (Å²) in [6.07, 6.45) is 0.866. The predicted molar refractivity (Wildman–Crippen MR) is 92.3 cm³/mol. The van der Waals surface area contributed by atoms with Crippen molar-refractivity contribution in [1.29, 1.82) is 0 Å². The van der Waals surface area contributed by atoms with Gasteiger partial charge in [-0.25, -0.2) is 0 Å². The number of aromatic amines is 1. The summed E-state index contributed by atoms with van der Waals surface area (Å²) in [7, 11) is 0. The smallest absolute Gasteiger partial charge is 0.298 e. The van der Waals surface area contributed by atoms with Crippen molar-refractivity contribution < 1.29 is 8.94 Å². The van der Waals surface area contributed by atoms with Crippen LogP contribution in [0.4, 0.5) is 6.01 Å². The third-order valence-corrected chi connectivity index (χ3v) is 4.76. The minimum absolute atomic E-state index is 0.651. The number of nitrogens with one attached hydrogen (secondary N) is 1. The Balaban J connectivity index is 1.55. The van der Waals surface area contributed by atoms with Gasteiger partial charge in [-0.1, -0.05) is 17.3 Å². The zero-order chi connectivity index (χ0) is 17.0. The molecule has 1 aliphatic rings. The van der Waals surface area contributed by atoms with Gasteiger partial charge in [-0.05, 0) is 26.0 Å². The molecular formula is C18H17N5O2. The lowest BCUT2D eigenvalue weighted by atomic mass is 10.0. The number of hydrogen-bond donors (Lipinski definition) is 1. The number of rotatable bonds is 2. The van der Waals surface area contributed by atoms with Gasteiger partial charge in [0.15, 0.2) is 5.58 Å².